The van der Waals surface area contributed by atoms with Crippen molar-refractivity contribution in [3.63, 3.8) is 0 Å². The van der Waals surface area contributed by atoms with Gasteiger partial charge in [-0.1, -0.05) is 40.8 Å². The second-order valence-corrected chi connectivity index (χ2v) is 9.92. The summed E-state index contributed by atoms with van der Waals surface area (Å²) in [6.45, 7) is -0.215. The van der Waals surface area contributed by atoms with Crippen molar-refractivity contribution in [2.45, 2.75) is 22.7 Å². The molecule has 3 amide bonds. The van der Waals surface area contributed by atoms with Crippen LogP contribution in [0.3, 0.4) is 0 Å². The Morgan fingerprint density at radius 3 is 2.66 bits per heavy atom. The largest absolute Gasteiger partial charge is 0.325 e. The van der Waals surface area contributed by atoms with Crippen LogP contribution in [0.2, 0.25) is 5.02 Å². The van der Waals surface area contributed by atoms with Crippen LogP contribution >= 0.6 is 34.7 Å². The van der Waals surface area contributed by atoms with Crippen LogP contribution in [0.4, 0.5) is 5.69 Å². The van der Waals surface area contributed by atoms with Crippen molar-refractivity contribution in [1.82, 2.24) is 14.9 Å². The number of aromatic nitrogens is 2. The lowest BCUT2D eigenvalue weighted by molar-refractivity contribution is -0.126. The highest BCUT2D eigenvalue weighted by Gasteiger charge is 2.52. The Morgan fingerprint density at radius 1 is 1.16 bits per heavy atom. The summed E-state index contributed by atoms with van der Waals surface area (Å²) in [6.07, 6.45) is 3.26. The third kappa shape index (κ3) is 3.64. The first-order chi connectivity index (χ1) is 15.4. The van der Waals surface area contributed by atoms with Gasteiger partial charge in [0, 0.05) is 33.9 Å². The van der Waals surface area contributed by atoms with E-state index in [1.807, 2.05) is 6.07 Å². The number of hydrogen-bond donors (Lipinski definition) is 2. The highest BCUT2D eigenvalue weighted by atomic mass is 35.5. The number of pyridine rings is 1. The van der Waals surface area contributed by atoms with Crippen LogP contribution < -0.4 is 15.5 Å². The van der Waals surface area contributed by atoms with Gasteiger partial charge in [-0.3, -0.25) is 34.0 Å². The van der Waals surface area contributed by atoms with Gasteiger partial charge in [-0.15, -0.1) is 0 Å². The number of halogens is 1. The van der Waals surface area contributed by atoms with Gasteiger partial charge in [-0.2, -0.15) is 0 Å². The number of amides is 3. The average molecular weight is 487 g/mol. The van der Waals surface area contributed by atoms with Crippen LogP contribution in [0.5, 0.6) is 0 Å². The molecule has 0 saturated carbocycles. The van der Waals surface area contributed by atoms with Crippen molar-refractivity contribution in [3.05, 3.63) is 73.9 Å². The van der Waals surface area contributed by atoms with E-state index in [2.05, 4.69) is 15.6 Å². The molecular weight excluding hydrogens is 472 g/mol. The number of hydrogen-bond acceptors (Lipinski definition) is 7. The summed E-state index contributed by atoms with van der Waals surface area (Å²) in [4.78, 5) is 55.1. The lowest BCUT2D eigenvalue weighted by Gasteiger charge is -2.30. The summed E-state index contributed by atoms with van der Waals surface area (Å²) in [5.41, 5.74) is 1.30. The lowest BCUT2D eigenvalue weighted by atomic mass is 9.84. The summed E-state index contributed by atoms with van der Waals surface area (Å²) >= 11 is 8.02. The summed E-state index contributed by atoms with van der Waals surface area (Å²) < 4.78 is 1.37. The molecule has 162 valence electrons. The Bertz CT molecular complexity index is 1290. The number of carbonyl (C=O) groups is 3. The molecule has 4 heterocycles. The van der Waals surface area contributed by atoms with Crippen molar-refractivity contribution < 1.29 is 14.4 Å². The Labute approximate surface area is 195 Å². The molecule has 8 nitrogen and oxygen atoms in total. The number of anilines is 1. The summed E-state index contributed by atoms with van der Waals surface area (Å²) in [6, 6.07) is 10.2. The molecule has 5 rings (SSSR count). The fourth-order valence-electron chi connectivity index (χ4n) is 3.97. The monoisotopic (exact) mass is 486 g/mol. The average Bonchev–Trinajstić information content (AvgIpc) is 3.24. The summed E-state index contributed by atoms with van der Waals surface area (Å²) in [7, 11) is 0. The third-order valence-corrected chi connectivity index (χ3v) is 8.23. The van der Waals surface area contributed by atoms with Crippen LogP contribution in [0.25, 0.3) is 0 Å². The van der Waals surface area contributed by atoms with Gasteiger partial charge in [0.25, 0.3) is 0 Å². The maximum Gasteiger partial charge on any atom is 0.308 e. The zero-order chi connectivity index (χ0) is 22.4. The molecule has 0 radical (unpaired) electrons. The van der Waals surface area contributed by atoms with Crippen molar-refractivity contribution in [1.29, 1.82) is 0 Å². The molecule has 2 aliphatic heterocycles. The minimum absolute atomic E-state index is 0.215. The van der Waals surface area contributed by atoms with Crippen molar-refractivity contribution in [2.24, 2.45) is 5.92 Å². The van der Waals surface area contributed by atoms with E-state index in [0.29, 0.717) is 20.6 Å². The molecule has 1 aromatic carbocycles. The highest BCUT2D eigenvalue weighted by molar-refractivity contribution is 8.00. The number of nitrogens with one attached hydrogen (secondary N) is 2. The van der Waals surface area contributed by atoms with Crippen LogP contribution in [-0.2, 0) is 20.9 Å². The minimum atomic E-state index is -0.681. The van der Waals surface area contributed by atoms with Crippen LogP contribution in [0.1, 0.15) is 16.4 Å². The van der Waals surface area contributed by atoms with E-state index in [4.69, 9.17) is 11.6 Å². The first kappa shape index (κ1) is 20.9. The van der Waals surface area contributed by atoms with Gasteiger partial charge >= 0.3 is 4.87 Å². The quantitative estimate of drug-likeness (QED) is 0.548. The molecular formula is C21H15ClN4O4S2. The van der Waals surface area contributed by atoms with Gasteiger partial charge in [-0.05, 0) is 35.9 Å². The van der Waals surface area contributed by atoms with Crippen LogP contribution in [0.15, 0.2) is 58.6 Å². The summed E-state index contributed by atoms with van der Waals surface area (Å²) in [5, 5.41) is 5.54. The van der Waals surface area contributed by atoms with Crippen molar-refractivity contribution >= 4 is 58.1 Å². The van der Waals surface area contributed by atoms with E-state index in [1.54, 1.807) is 42.7 Å². The van der Waals surface area contributed by atoms with Crippen LogP contribution in [0, 0.1) is 5.92 Å². The number of fused-ring (bicyclic) bond motifs is 2. The number of carbonyl (C=O) groups excluding carboxylic acids is 3. The fraction of sp³-hybridized carbons (Fsp3) is 0.190. The third-order valence-electron chi connectivity index (χ3n) is 5.36. The van der Waals surface area contributed by atoms with Gasteiger partial charge in [0.1, 0.15) is 11.8 Å². The normalized spacial score (nSPS) is 21.6. The number of benzene rings is 1. The molecule has 3 aromatic rings. The number of thiazole rings is 1. The molecule has 0 aliphatic carbocycles. The molecule has 2 aromatic heterocycles. The van der Waals surface area contributed by atoms with Gasteiger partial charge in [0.05, 0.1) is 10.9 Å². The molecule has 0 unspecified atom stereocenters. The molecule has 2 N–H and O–H groups in total. The van der Waals surface area contributed by atoms with E-state index >= 15 is 0 Å². The topological polar surface area (TPSA) is 110 Å². The predicted octanol–water partition coefficient (Wildman–Crippen LogP) is 2.48. The van der Waals surface area contributed by atoms with Gasteiger partial charge in [0.2, 0.25) is 17.7 Å². The smallest absolute Gasteiger partial charge is 0.308 e. The number of imide groups is 1. The molecule has 1 fully saturated rings. The van der Waals surface area contributed by atoms with Gasteiger partial charge in [0.15, 0.2) is 0 Å². The Hall–Kier alpha value is -2.95. The SMILES string of the molecule is O=C(Cn1c2c(sc1=O)[C@@H](c1cccnc1)[C@H]1C(=O)NC(=O)[C@H]1S2)Nc1ccc(Cl)cc1. The van der Waals surface area contributed by atoms with Crippen molar-refractivity contribution in [2.75, 3.05) is 5.32 Å². The standard InChI is InChI=1S/C21H15ClN4O4S2/c22-11-3-5-12(6-4-11)24-13(27)9-26-20-17(32-21(26)30)14(10-2-1-7-23-8-10)15-16(31-20)19(29)25-18(15)28/h1-8,14-16H,9H2,(H,24,27)(H,25,28,29)/t14-,15+,16-/m0/s1. The first-order valence-corrected chi connectivity index (χ1v) is 11.7. The van der Waals surface area contributed by atoms with Crippen LogP contribution in [-0.4, -0.2) is 32.5 Å². The maximum absolute atomic E-state index is 12.9. The molecule has 32 heavy (non-hydrogen) atoms. The number of nitrogens with zero attached hydrogens (tertiary/aromatic N) is 2. The second kappa shape index (κ2) is 8.19. The summed E-state index contributed by atoms with van der Waals surface area (Å²) in [5.74, 6) is -2.27. The Balaban J connectivity index is 1.52. The zero-order valence-electron chi connectivity index (χ0n) is 16.3. The van der Waals surface area contributed by atoms with E-state index < -0.39 is 17.1 Å². The highest BCUT2D eigenvalue weighted by Crippen LogP contribution is 2.51. The maximum atomic E-state index is 12.9. The van der Waals surface area contributed by atoms with E-state index in [9.17, 15) is 19.2 Å². The van der Waals surface area contributed by atoms with E-state index in [1.165, 1.54) is 4.57 Å². The second-order valence-electron chi connectivity index (χ2n) is 7.36. The van der Waals surface area contributed by atoms with Crippen molar-refractivity contribution in [3.8, 4) is 0 Å². The Morgan fingerprint density at radius 2 is 1.94 bits per heavy atom. The molecule has 2 aliphatic rings. The first-order valence-electron chi connectivity index (χ1n) is 9.62. The number of thioether (sulfide) groups is 1. The van der Waals surface area contributed by atoms with Gasteiger partial charge in [-0.25, -0.2) is 0 Å². The number of rotatable bonds is 4. The molecule has 0 bridgehead atoms. The molecule has 11 heteroatoms. The van der Waals surface area contributed by atoms with E-state index in [-0.39, 0.29) is 29.1 Å². The predicted molar refractivity (Wildman–Crippen MR) is 121 cm³/mol. The minimum Gasteiger partial charge on any atom is -0.325 e. The molecule has 0 spiro atoms. The lowest BCUT2D eigenvalue weighted by Crippen LogP contribution is -2.32. The molecule has 3 atom stereocenters. The van der Waals surface area contributed by atoms with E-state index in [0.717, 1.165) is 28.7 Å². The molecule has 1 saturated heterocycles. The fourth-order valence-corrected chi connectivity index (χ4v) is 6.84. The zero-order valence-corrected chi connectivity index (χ0v) is 18.7. The van der Waals surface area contributed by atoms with Gasteiger partial charge < -0.3 is 5.32 Å². The Kier molecular flexibility index (Phi) is 5.36.